The number of likely N-dealkylation sites (tertiary alicyclic amines) is 1. The Labute approximate surface area is 141 Å². The molecule has 1 aromatic carbocycles. The van der Waals surface area contributed by atoms with Crippen LogP contribution >= 0.6 is 11.5 Å². The molecule has 6 nitrogen and oxygen atoms in total. The zero-order valence-corrected chi connectivity index (χ0v) is 13.9. The molecule has 1 aliphatic heterocycles. The molecule has 0 saturated carbocycles. The van der Waals surface area contributed by atoms with E-state index < -0.39 is 0 Å². The standard InChI is InChI=1S/C16H16FN5OS/c1-9-14(24-21-20-9)16(23)22-7-3-2-4-13(22)15-18-11-6-5-10(17)8-12(11)19-15/h5-6,8,13H,2-4,7H2,1H3,(H,18,19). The van der Waals surface area contributed by atoms with Gasteiger partial charge in [0.15, 0.2) is 0 Å². The van der Waals surface area contributed by atoms with E-state index in [0.717, 1.165) is 30.8 Å². The van der Waals surface area contributed by atoms with Gasteiger partial charge in [0.2, 0.25) is 0 Å². The third-order valence-electron chi connectivity index (χ3n) is 4.39. The number of nitrogens with zero attached hydrogens (tertiary/aromatic N) is 4. The summed E-state index contributed by atoms with van der Waals surface area (Å²) in [4.78, 5) is 23.0. The first-order valence-electron chi connectivity index (χ1n) is 7.88. The highest BCUT2D eigenvalue weighted by atomic mass is 32.1. The summed E-state index contributed by atoms with van der Waals surface area (Å²) in [6.07, 6.45) is 2.82. The molecule has 1 aliphatic rings. The zero-order chi connectivity index (χ0) is 16.7. The van der Waals surface area contributed by atoms with Gasteiger partial charge < -0.3 is 9.88 Å². The summed E-state index contributed by atoms with van der Waals surface area (Å²) >= 11 is 1.12. The number of piperidine rings is 1. The number of carbonyl (C=O) groups is 1. The Morgan fingerprint density at radius 3 is 3.08 bits per heavy atom. The predicted molar refractivity (Wildman–Crippen MR) is 88.3 cm³/mol. The topological polar surface area (TPSA) is 74.8 Å². The maximum absolute atomic E-state index is 13.4. The van der Waals surface area contributed by atoms with Crippen LogP contribution in [0.15, 0.2) is 18.2 Å². The van der Waals surface area contributed by atoms with Crippen molar-refractivity contribution in [2.45, 2.75) is 32.2 Å². The van der Waals surface area contributed by atoms with E-state index in [4.69, 9.17) is 0 Å². The number of carbonyl (C=O) groups excluding carboxylic acids is 1. The number of nitrogens with one attached hydrogen (secondary N) is 1. The number of benzene rings is 1. The number of H-pyrrole nitrogens is 1. The second-order valence-electron chi connectivity index (χ2n) is 5.98. The van der Waals surface area contributed by atoms with E-state index in [-0.39, 0.29) is 17.8 Å². The Kier molecular flexibility index (Phi) is 3.76. The molecule has 24 heavy (non-hydrogen) atoms. The second kappa shape index (κ2) is 5.94. The second-order valence-corrected chi connectivity index (χ2v) is 6.74. The van der Waals surface area contributed by atoms with Crippen molar-refractivity contribution < 1.29 is 9.18 Å². The van der Waals surface area contributed by atoms with Gasteiger partial charge >= 0.3 is 0 Å². The molecule has 1 unspecified atom stereocenters. The Morgan fingerprint density at radius 1 is 1.42 bits per heavy atom. The van der Waals surface area contributed by atoms with Crippen molar-refractivity contribution in [2.24, 2.45) is 0 Å². The average Bonchev–Trinajstić information content (AvgIpc) is 3.19. The highest BCUT2D eigenvalue weighted by Crippen LogP contribution is 2.32. The maximum atomic E-state index is 13.4. The van der Waals surface area contributed by atoms with Crippen LogP contribution in [0, 0.1) is 12.7 Å². The first kappa shape index (κ1) is 15.2. The lowest BCUT2D eigenvalue weighted by molar-refractivity contribution is 0.0605. The molecule has 3 heterocycles. The molecular weight excluding hydrogens is 329 g/mol. The number of hydrogen-bond donors (Lipinski definition) is 1. The highest BCUT2D eigenvalue weighted by Gasteiger charge is 2.32. The summed E-state index contributed by atoms with van der Waals surface area (Å²) in [5.74, 6) is 0.346. The van der Waals surface area contributed by atoms with Gasteiger partial charge in [-0.3, -0.25) is 4.79 Å². The van der Waals surface area contributed by atoms with Gasteiger partial charge in [-0.25, -0.2) is 9.37 Å². The Balaban J connectivity index is 1.70. The zero-order valence-electron chi connectivity index (χ0n) is 13.1. The van der Waals surface area contributed by atoms with Gasteiger partial charge in [0.25, 0.3) is 5.91 Å². The molecule has 124 valence electrons. The third kappa shape index (κ3) is 2.56. The summed E-state index contributed by atoms with van der Waals surface area (Å²) < 4.78 is 17.3. The van der Waals surface area contributed by atoms with Crippen LogP contribution < -0.4 is 0 Å². The van der Waals surface area contributed by atoms with Crippen molar-refractivity contribution in [2.75, 3.05) is 6.54 Å². The molecule has 2 aromatic heterocycles. The van der Waals surface area contributed by atoms with E-state index in [0.29, 0.717) is 34.0 Å². The summed E-state index contributed by atoms with van der Waals surface area (Å²) in [6, 6.07) is 4.33. The molecule has 0 bridgehead atoms. The lowest BCUT2D eigenvalue weighted by Gasteiger charge is -2.34. The van der Waals surface area contributed by atoms with Gasteiger partial charge in [0.05, 0.1) is 22.8 Å². The Morgan fingerprint density at radius 2 is 2.29 bits per heavy atom. The number of rotatable bonds is 2. The number of halogens is 1. The fourth-order valence-corrected chi connectivity index (χ4v) is 3.79. The van der Waals surface area contributed by atoms with Crippen LogP contribution in [0.1, 0.15) is 46.5 Å². The van der Waals surface area contributed by atoms with Crippen LogP contribution in [0.25, 0.3) is 11.0 Å². The first-order chi connectivity index (χ1) is 11.6. The fourth-order valence-electron chi connectivity index (χ4n) is 3.18. The largest absolute Gasteiger partial charge is 0.340 e. The van der Waals surface area contributed by atoms with Crippen LogP contribution in [0.5, 0.6) is 0 Å². The van der Waals surface area contributed by atoms with Crippen LogP contribution in [-0.4, -0.2) is 36.9 Å². The summed E-state index contributed by atoms with van der Waals surface area (Å²) in [7, 11) is 0. The van der Waals surface area contributed by atoms with Gasteiger partial charge in [-0.05, 0) is 55.9 Å². The SMILES string of the molecule is Cc1nnsc1C(=O)N1CCCCC1c1nc2ccc(F)cc2[nH]1. The molecule has 1 fully saturated rings. The van der Waals surface area contributed by atoms with Gasteiger partial charge in [0, 0.05) is 6.54 Å². The minimum absolute atomic E-state index is 0.0566. The van der Waals surface area contributed by atoms with E-state index in [2.05, 4.69) is 19.6 Å². The molecule has 4 rings (SSSR count). The van der Waals surface area contributed by atoms with E-state index in [1.807, 2.05) is 4.90 Å². The first-order valence-corrected chi connectivity index (χ1v) is 8.66. The molecule has 1 N–H and O–H groups in total. The van der Waals surface area contributed by atoms with Crippen molar-refractivity contribution in [3.63, 3.8) is 0 Å². The molecular formula is C16H16FN5OS. The number of aromatic nitrogens is 4. The monoisotopic (exact) mass is 345 g/mol. The third-order valence-corrected chi connectivity index (χ3v) is 5.20. The fraction of sp³-hybridized carbons (Fsp3) is 0.375. The minimum atomic E-state index is -0.305. The van der Waals surface area contributed by atoms with Crippen molar-refractivity contribution >= 4 is 28.5 Å². The van der Waals surface area contributed by atoms with E-state index >= 15 is 0 Å². The van der Waals surface area contributed by atoms with Gasteiger partial charge in [0.1, 0.15) is 16.5 Å². The molecule has 0 aliphatic carbocycles. The van der Waals surface area contributed by atoms with Crippen LogP contribution in [0.4, 0.5) is 4.39 Å². The van der Waals surface area contributed by atoms with Crippen LogP contribution in [0.2, 0.25) is 0 Å². The summed E-state index contributed by atoms with van der Waals surface area (Å²) in [5, 5.41) is 3.93. The average molecular weight is 345 g/mol. The normalized spacial score (nSPS) is 18.2. The number of amides is 1. The predicted octanol–water partition coefficient (Wildman–Crippen LogP) is 3.23. The Bertz CT molecular complexity index is 905. The summed E-state index contributed by atoms with van der Waals surface area (Å²) in [6.45, 7) is 2.46. The van der Waals surface area contributed by atoms with Crippen LogP contribution in [0.3, 0.4) is 0 Å². The quantitative estimate of drug-likeness (QED) is 0.774. The van der Waals surface area contributed by atoms with Gasteiger partial charge in [-0.15, -0.1) is 5.10 Å². The Hall–Kier alpha value is -2.35. The number of imidazole rings is 1. The number of aryl methyl sites for hydroxylation is 1. The molecule has 0 radical (unpaired) electrons. The molecule has 8 heteroatoms. The molecule has 0 spiro atoms. The maximum Gasteiger partial charge on any atom is 0.268 e. The van der Waals surface area contributed by atoms with E-state index in [1.165, 1.54) is 12.1 Å². The minimum Gasteiger partial charge on any atom is -0.340 e. The highest BCUT2D eigenvalue weighted by molar-refractivity contribution is 7.07. The lowest BCUT2D eigenvalue weighted by atomic mass is 10.0. The van der Waals surface area contributed by atoms with Crippen molar-refractivity contribution in [3.05, 3.63) is 40.4 Å². The van der Waals surface area contributed by atoms with Gasteiger partial charge in [-0.1, -0.05) is 4.49 Å². The number of fused-ring (bicyclic) bond motifs is 1. The van der Waals surface area contributed by atoms with Crippen molar-refractivity contribution in [1.82, 2.24) is 24.5 Å². The van der Waals surface area contributed by atoms with E-state index in [9.17, 15) is 9.18 Å². The number of aromatic amines is 1. The van der Waals surface area contributed by atoms with Crippen molar-refractivity contribution in [1.29, 1.82) is 0 Å². The van der Waals surface area contributed by atoms with Crippen molar-refractivity contribution in [3.8, 4) is 0 Å². The van der Waals surface area contributed by atoms with Crippen LogP contribution in [-0.2, 0) is 0 Å². The molecule has 1 saturated heterocycles. The molecule has 1 atom stereocenters. The summed E-state index contributed by atoms with van der Waals surface area (Å²) in [5.41, 5.74) is 2.01. The van der Waals surface area contributed by atoms with E-state index in [1.54, 1.807) is 13.0 Å². The molecule has 3 aromatic rings. The molecule has 1 amide bonds. The smallest absolute Gasteiger partial charge is 0.268 e. The lowest BCUT2D eigenvalue weighted by Crippen LogP contribution is -2.38. The van der Waals surface area contributed by atoms with Gasteiger partial charge in [-0.2, -0.15) is 0 Å². The number of hydrogen-bond acceptors (Lipinski definition) is 5.